The van der Waals surface area contributed by atoms with Crippen molar-refractivity contribution < 1.29 is 27.5 Å². The van der Waals surface area contributed by atoms with Gasteiger partial charge in [-0.05, 0) is 56.5 Å². The molecule has 1 saturated heterocycles. The number of nitrogens with zero attached hydrogens (tertiary/aromatic N) is 1. The maximum absolute atomic E-state index is 13.2. The first kappa shape index (κ1) is 24.0. The zero-order valence-corrected chi connectivity index (χ0v) is 20.1. The van der Waals surface area contributed by atoms with E-state index in [1.165, 1.54) is 16.4 Å². The standard InChI is InChI=1S/C24H29N3O6S/c1-3-20-24(29)26-19-15-17(9-10-22(19)33-20)34(30,31)27-13-11-16(12-14-27)23(28)25-18-7-5-6-8-21(18)32-4-2/h5-10,15-16,20H,3-4,11-14H2,1-2H3,(H,25,28)(H,26,29)/t20-/m0/s1. The SMILES string of the molecule is CCOc1ccccc1NC(=O)C1CCN(S(=O)(=O)c2ccc3c(c2)NC(=O)[C@H](CC)O3)CC1. The summed E-state index contributed by atoms with van der Waals surface area (Å²) in [7, 11) is -3.78. The lowest BCUT2D eigenvalue weighted by atomic mass is 9.97. The van der Waals surface area contributed by atoms with Crippen LogP contribution < -0.4 is 20.1 Å². The fourth-order valence-corrected chi connectivity index (χ4v) is 5.65. The van der Waals surface area contributed by atoms with Gasteiger partial charge in [0.1, 0.15) is 11.5 Å². The van der Waals surface area contributed by atoms with E-state index >= 15 is 0 Å². The fraction of sp³-hybridized carbons (Fsp3) is 0.417. The highest BCUT2D eigenvalue weighted by atomic mass is 32.2. The van der Waals surface area contributed by atoms with Gasteiger partial charge in [-0.3, -0.25) is 9.59 Å². The molecule has 2 N–H and O–H groups in total. The summed E-state index contributed by atoms with van der Waals surface area (Å²) in [5.41, 5.74) is 0.950. The molecule has 0 spiro atoms. The van der Waals surface area contributed by atoms with Crippen molar-refractivity contribution in [3.8, 4) is 11.5 Å². The number of carbonyl (C=O) groups excluding carboxylic acids is 2. The maximum atomic E-state index is 13.2. The van der Waals surface area contributed by atoms with Gasteiger partial charge in [0.2, 0.25) is 15.9 Å². The van der Waals surface area contributed by atoms with Gasteiger partial charge in [0, 0.05) is 19.0 Å². The fourth-order valence-electron chi connectivity index (χ4n) is 4.15. The van der Waals surface area contributed by atoms with Gasteiger partial charge in [0.05, 0.1) is 22.9 Å². The molecule has 34 heavy (non-hydrogen) atoms. The lowest BCUT2D eigenvalue weighted by molar-refractivity contribution is -0.123. The lowest BCUT2D eigenvalue weighted by Crippen LogP contribution is -2.41. The number of anilines is 2. The predicted molar refractivity (Wildman–Crippen MR) is 128 cm³/mol. The molecule has 2 aromatic rings. The number of nitrogens with one attached hydrogen (secondary N) is 2. The number of sulfonamides is 1. The van der Waals surface area contributed by atoms with Gasteiger partial charge in [-0.15, -0.1) is 0 Å². The number of hydrogen-bond acceptors (Lipinski definition) is 6. The van der Waals surface area contributed by atoms with Crippen molar-refractivity contribution in [3.63, 3.8) is 0 Å². The van der Waals surface area contributed by atoms with Crippen LogP contribution in [0, 0.1) is 5.92 Å². The third-order valence-electron chi connectivity index (χ3n) is 6.05. The van der Waals surface area contributed by atoms with Crippen LogP contribution in [0.2, 0.25) is 0 Å². The Labute approximate surface area is 199 Å². The molecule has 1 atom stereocenters. The summed E-state index contributed by atoms with van der Waals surface area (Å²) < 4.78 is 39.0. The second kappa shape index (κ2) is 10.0. The third-order valence-corrected chi connectivity index (χ3v) is 7.94. The molecule has 0 bridgehead atoms. The van der Waals surface area contributed by atoms with E-state index in [0.717, 1.165) is 0 Å². The lowest BCUT2D eigenvalue weighted by Gasteiger charge is -2.31. The number of hydrogen-bond donors (Lipinski definition) is 2. The Morgan fingerprint density at radius 3 is 2.62 bits per heavy atom. The molecular weight excluding hydrogens is 458 g/mol. The number of benzene rings is 2. The number of rotatable bonds is 7. The third kappa shape index (κ3) is 4.88. The van der Waals surface area contributed by atoms with Crippen molar-refractivity contribution >= 4 is 33.2 Å². The molecule has 2 aliphatic heterocycles. The zero-order chi connectivity index (χ0) is 24.3. The molecule has 2 aromatic carbocycles. The van der Waals surface area contributed by atoms with Crippen LogP contribution in [0.15, 0.2) is 47.4 Å². The van der Waals surface area contributed by atoms with Gasteiger partial charge in [-0.25, -0.2) is 8.42 Å². The van der Waals surface area contributed by atoms with Gasteiger partial charge >= 0.3 is 0 Å². The molecule has 0 aromatic heterocycles. The van der Waals surface area contributed by atoms with Gasteiger partial charge in [0.25, 0.3) is 5.91 Å². The van der Waals surface area contributed by atoms with Gasteiger partial charge in [-0.2, -0.15) is 4.31 Å². The average Bonchev–Trinajstić information content (AvgIpc) is 2.84. The van der Waals surface area contributed by atoms with Crippen LogP contribution in [0.5, 0.6) is 11.5 Å². The van der Waals surface area contributed by atoms with E-state index in [-0.39, 0.29) is 35.7 Å². The Morgan fingerprint density at radius 1 is 1.18 bits per heavy atom. The summed E-state index contributed by atoms with van der Waals surface area (Å²) in [6.45, 7) is 4.66. The molecule has 4 rings (SSSR count). The van der Waals surface area contributed by atoms with Crippen LogP contribution in [0.1, 0.15) is 33.1 Å². The molecular formula is C24H29N3O6S. The molecule has 0 unspecified atom stereocenters. The molecule has 2 amide bonds. The number of ether oxygens (including phenoxy) is 2. The minimum Gasteiger partial charge on any atom is -0.492 e. The van der Waals surface area contributed by atoms with E-state index in [9.17, 15) is 18.0 Å². The Kier molecular flexibility index (Phi) is 7.08. The number of fused-ring (bicyclic) bond motifs is 1. The molecule has 2 heterocycles. The molecule has 2 aliphatic rings. The number of amides is 2. The van der Waals surface area contributed by atoms with Crippen LogP contribution in [0.4, 0.5) is 11.4 Å². The molecule has 9 nitrogen and oxygen atoms in total. The molecule has 10 heteroatoms. The molecule has 1 fully saturated rings. The highest BCUT2D eigenvalue weighted by Gasteiger charge is 2.34. The number of piperidine rings is 1. The zero-order valence-electron chi connectivity index (χ0n) is 19.2. The Bertz CT molecular complexity index is 1170. The minimum absolute atomic E-state index is 0.0821. The summed E-state index contributed by atoms with van der Waals surface area (Å²) in [5.74, 6) is 0.314. The average molecular weight is 488 g/mol. The first-order valence-corrected chi connectivity index (χ1v) is 12.9. The topological polar surface area (TPSA) is 114 Å². The van der Waals surface area contributed by atoms with Crippen molar-refractivity contribution in [2.24, 2.45) is 5.92 Å². The van der Waals surface area contributed by atoms with E-state index in [4.69, 9.17) is 9.47 Å². The van der Waals surface area contributed by atoms with Crippen molar-refractivity contribution in [2.75, 3.05) is 30.3 Å². The number of para-hydroxylation sites is 2. The second-order valence-electron chi connectivity index (χ2n) is 8.26. The van der Waals surface area contributed by atoms with E-state index < -0.39 is 16.1 Å². The van der Waals surface area contributed by atoms with E-state index in [0.29, 0.717) is 48.7 Å². The minimum atomic E-state index is -3.78. The summed E-state index contributed by atoms with van der Waals surface area (Å²) in [6.07, 6.45) is 0.751. The van der Waals surface area contributed by atoms with Gasteiger partial charge < -0.3 is 20.1 Å². The molecule has 182 valence electrons. The van der Waals surface area contributed by atoms with E-state index in [2.05, 4.69) is 10.6 Å². The monoisotopic (exact) mass is 487 g/mol. The second-order valence-corrected chi connectivity index (χ2v) is 10.2. The highest BCUT2D eigenvalue weighted by Crippen LogP contribution is 2.34. The summed E-state index contributed by atoms with van der Waals surface area (Å²) in [5, 5.41) is 5.64. The van der Waals surface area contributed by atoms with Gasteiger partial charge in [-0.1, -0.05) is 19.1 Å². The summed E-state index contributed by atoms with van der Waals surface area (Å²) >= 11 is 0. The van der Waals surface area contributed by atoms with Crippen molar-refractivity contribution in [2.45, 2.75) is 44.1 Å². The molecule has 0 saturated carbocycles. The van der Waals surface area contributed by atoms with E-state index in [1.807, 2.05) is 26.0 Å². The van der Waals surface area contributed by atoms with Crippen molar-refractivity contribution in [3.05, 3.63) is 42.5 Å². The molecule has 0 aliphatic carbocycles. The van der Waals surface area contributed by atoms with Crippen LogP contribution in [0.3, 0.4) is 0 Å². The molecule has 0 radical (unpaired) electrons. The Balaban J connectivity index is 1.41. The van der Waals surface area contributed by atoms with Crippen molar-refractivity contribution in [1.29, 1.82) is 0 Å². The predicted octanol–water partition coefficient (Wildman–Crippen LogP) is 3.23. The Morgan fingerprint density at radius 2 is 1.91 bits per heavy atom. The number of carbonyl (C=O) groups is 2. The van der Waals surface area contributed by atoms with E-state index in [1.54, 1.807) is 18.2 Å². The van der Waals surface area contributed by atoms with Crippen LogP contribution in [-0.4, -0.2) is 50.3 Å². The van der Waals surface area contributed by atoms with Crippen LogP contribution >= 0.6 is 0 Å². The largest absolute Gasteiger partial charge is 0.492 e. The van der Waals surface area contributed by atoms with Crippen molar-refractivity contribution in [1.82, 2.24) is 4.31 Å². The van der Waals surface area contributed by atoms with Gasteiger partial charge in [0.15, 0.2) is 6.10 Å². The van der Waals surface area contributed by atoms with Crippen LogP contribution in [-0.2, 0) is 19.6 Å². The smallest absolute Gasteiger partial charge is 0.265 e. The normalized spacial score (nSPS) is 19.0. The highest BCUT2D eigenvalue weighted by molar-refractivity contribution is 7.89. The first-order chi connectivity index (χ1) is 16.3. The quantitative estimate of drug-likeness (QED) is 0.620. The van der Waals surface area contributed by atoms with Crippen LogP contribution in [0.25, 0.3) is 0 Å². The maximum Gasteiger partial charge on any atom is 0.265 e. The summed E-state index contributed by atoms with van der Waals surface area (Å²) in [4.78, 5) is 25.0. The Hall–Kier alpha value is -3.11. The summed E-state index contributed by atoms with van der Waals surface area (Å²) in [6, 6.07) is 11.7. The first-order valence-electron chi connectivity index (χ1n) is 11.5.